The summed E-state index contributed by atoms with van der Waals surface area (Å²) >= 11 is 0. The first-order valence-electron chi connectivity index (χ1n) is 8.85. The van der Waals surface area contributed by atoms with E-state index in [1.165, 1.54) is 0 Å². The molecular formula is C19H27NO5. The number of rotatable bonds is 7. The number of hydrogen-bond acceptors (Lipinski definition) is 5. The van der Waals surface area contributed by atoms with E-state index in [1.807, 2.05) is 25.1 Å². The molecule has 1 aliphatic rings. The van der Waals surface area contributed by atoms with Crippen LogP contribution in [0.15, 0.2) is 24.3 Å². The Balaban J connectivity index is 1.92. The molecule has 1 atom stereocenters. The summed E-state index contributed by atoms with van der Waals surface area (Å²) in [4.78, 5) is 26.3. The summed E-state index contributed by atoms with van der Waals surface area (Å²) in [6.07, 6.45) is 1.32. The van der Waals surface area contributed by atoms with E-state index in [1.54, 1.807) is 25.0 Å². The van der Waals surface area contributed by atoms with Crippen LogP contribution in [0.5, 0.6) is 11.5 Å². The van der Waals surface area contributed by atoms with Crippen LogP contribution in [0.25, 0.3) is 0 Å². The largest absolute Gasteiger partial charge is 0.497 e. The third-order valence-corrected chi connectivity index (χ3v) is 4.39. The Kier molecular flexibility index (Phi) is 7.10. The van der Waals surface area contributed by atoms with E-state index in [4.69, 9.17) is 14.2 Å². The molecule has 25 heavy (non-hydrogen) atoms. The van der Waals surface area contributed by atoms with E-state index in [-0.39, 0.29) is 17.8 Å². The second-order valence-electron chi connectivity index (χ2n) is 6.05. The van der Waals surface area contributed by atoms with Gasteiger partial charge < -0.3 is 19.1 Å². The van der Waals surface area contributed by atoms with Crippen LogP contribution in [0.4, 0.5) is 0 Å². The van der Waals surface area contributed by atoms with E-state index in [9.17, 15) is 9.59 Å². The maximum Gasteiger partial charge on any atom is 0.309 e. The van der Waals surface area contributed by atoms with Crippen molar-refractivity contribution >= 4 is 11.9 Å². The molecule has 0 unspecified atom stereocenters. The van der Waals surface area contributed by atoms with Gasteiger partial charge in [-0.3, -0.25) is 9.59 Å². The summed E-state index contributed by atoms with van der Waals surface area (Å²) in [6.45, 7) is 5.23. The van der Waals surface area contributed by atoms with Crippen LogP contribution in [0.1, 0.15) is 33.1 Å². The van der Waals surface area contributed by atoms with Crippen molar-refractivity contribution in [3.63, 3.8) is 0 Å². The van der Waals surface area contributed by atoms with E-state index in [0.29, 0.717) is 50.5 Å². The SMILES string of the molecule is CCOC(=O)C1CCN(C(=O)[C@@H](CC)Oc2cccc(OC)c2)CC1. The molecule has 2 rings (SSSR count). The van der Waals surface area contributed by atoms with Gasteiger partial charge in [0.15, 0.2) is 6.10 Å². The lowest BCUT2D eigenvalue weighted by Gasteiger charge is -2.33. The molecule has 0 saturated carbocycles. The maximum absolute atomic E-state index is 12.7. The molecule has 0 aromatic heterocycles. The van der Waals surface area contributed by atoms with Crippen molar-refractivity contribution in [1.82, 2.24) is 4.90 Å². The minimum absolute atomic E-state index is 0.0346. The first-order chi connectivity index (χ1) is 12.1. The predicted octanol–water partition coefficient (Wildman–Crippen LogP) is 2.65. The highest BCUT2D eigenvalue weighted by Crippen LogP contribution is 2.23. The Morgan fingerprint density at radius 1 is 1.20 bits per heavy atom. The maximum atomic E-state index is 12.7. The summed E-state index contributed by atoms with van der Waals surface area (Å²) in [7, 11) is 1.59. The summed E-state index contributed by atoms with van der Waals surface area (Å²) in [6, 6.07) is 7.24. The van der Waals surface area contributed by atoms with Gasteiger partial charge in [-0.25, -0.2) is 0 Å². The van der Waals surface area contributed by atoms with Crippen molar-refractivity contribution in [2.24, 2.45) is 5.92 Å². The van der Waals surface area contributed by atoms with Crippen molar-refractivity contribution in [2.75, 3.05) is 26.8 Å². The van der Waals surface area contributed by atoms with E-state index in [0.717, 1.165) is 0 Å². The van der Waals surface area contributed by atoms with Crippen LogP contribution in [-0.4, -0.2) is 49.7 Å². The molecule has 0 aliphatic carbocycles. The zero-order chi connectivity index (χ0) is 18.2. The highest BCUT2D eigenvalue weighted by Gasteiger charge is 2.31. The molecule has 0 spiro atoms. The number of piperidine rings is 1. The van der Waals surface area contributed by atoms with E-state index in [2.05, 4.69) is 0 Å². The number of amides is 1. The summed E-state index contributed by atoms with van der Waals surface area (Å²) in [5.74, 6) is 1.00. The fourth-order valence-electron chi connectivity index (χ4n) is 2.95. The van der Waals surface area contributed by atoms with E-state index >= 15 is 0 Å². The van der Waals surface area contributed by atoms with Crippen molar-refractivity contribution in [3.05, 3.63) is 24.3 Å². The average molecular weight is 349 g/mol. The Labute approximate surface area is 149 Å². The second kappa shape index (κ2) is 9.30. The lowest BCUT2D eigenvalue weighted by Crippen LogP contribution is -2.46. The van der Waals surface area contributed by atoms with Crippen LogP contribution in [0, 0.1) is 5.92 Å². The summed E-state index contributed by atoms with van der Waals surface area (Å²) < 4.78 is 16.1. The normalized spacial score (nSPS) is 16.2. The molecule has 6 heteroatoms. The second-order valence-corrected chi connectivity index (χ2v) is 6.05. The van der Waals surface area contributed by atoms with Gasteiger partial charge in [0.1, 0.15) is 11.5 Å². The standard InChI is InChI=1S/C19H27NO5/c1-4-17(25-16-8-6-7-15(13-16)23-3)18(21)20-11-9-14(10-12-20)19(22)24-5-2/h6-8,13-14,17H,4-5,9-12H2,1-3H3/t17-/m1/s1. The van der Waals surface area contributed by atoms with Crippen LogP contribution >= 0.6 is 0 Å². The van der Waals surface area contributed by atoms with Gasteiger partial charge in [-0.2, -0.15) is 0 Å². The molecule has 1 aliphatic heterocycles. The lowest BCUT2D eigenvalue weighted by molar-refractivity contribution is -0.152. The van der Waals surface area contributed by atoms with Crippen molar-refractivity contribution in [2.45, 2.75) is 39.2 Å². The monoisotopic (exact) mass is 349 g/mol. The minimum Gasteiger partial charge on any atom is -0.497 e. The number of esters is 1. The van der Waals surface area contributed by atoms with Gasteiger partial charge in [-0.1, -0.05) is 13.0 Å². The predicted molar refractivity (Wildman–Crippen MR) is 93.6 cm³/mol. The number of benzene rings is 1. The average Bonchev–Trinajstić information content (AvgIpc) is 2.66. The highest BCUT2D eigenvalue weighted by molar-refractivity contribution is 5.81. The van der Waals surface area contributed by atoms with Gasteiger partial charge in [0.25, 0.3) is 5.91 Å². The fourth-order valence-corrected chi connectivity index (χ4v) is 2.95. The van der Waals surface area contributed by atoms with Crippen LogP contribution in [-0.2, 0) is 14.3 Å². The Bertz CT molecular complexity index is 581. The molecule has 0 bridgehead atoms. The zero-order valence-corrected chi connectivity index (χ0v) is 15.2. The molecule has 0 N–H and O–H groups in total. The molecule has 138 valence electrons. The molecule has 6 nitrogen and oxygen atoms in total. The number of nitrogens with zero attached hydrogens (tertiary/aromatic N) is 1. The number of carbonyl (C=O) groups excluding carboxylic acids is 2. The Morgan fingerprint density at radius 3 is 2.48 bits per heavy atom. The van der Waals surface area contributed by atoms with E-state index < -0.39 is 6.10 Å². The smallest absolute Gasteiger partial charge is 0.309 e. The van der Waals surface area contributed by atoms with Crippen LogP contribution in [0.3, 0.4) is 0 Å². The van der Waals surface area contributed by atoms with Gasteiger partial charge in [0, 0.05) is 19.2 Å². The van der Waals surface area contributed by atoms with Gasteiger partial charge in [0.2, 0.25) is 0 Å². The third kappa shape index (κ3) is 5.11. The number of hydrogen-bond donors (Lipinski definition) is 0. The highest BCUT2D eigenvalue weighted by atomic mass is 16.5. The van der Waals surface area contributed by atoms with Gasteiger partial charge in [-0.05, 0) is 38.3 Å². The lowest BCUT2D eigenvalue weighted by atomic mass is 9.96. The topological polar surface area (TPSA) is 65.1 Å². The zero-order valence-electron chi connectivity index (χ0n) is 15.2. The molecule has 1 saturated heterocycles. The number of likely N-dealkylation sites (tertiary alicyclic amines) is 1. The van der Waals surface area contributed by atoms with Crippen molar-refractivity contribution < 1.29 is 23.8 Å². The minimum atomic E-state index is -0.536. The number of ether oxygens (including phenoxy) is 3. The Morgan fingerprint density at radius 2 is 1.88 bits per heavy atom. The molecule has 1 amide bonds. The Hall–Kier alpha value is -2.24. The van der Waals surface area contributed by atoms with Crippen molar-refractivity contribution in [3.8, 4) is 11.5 Å². The molecular weight excluding hydrogens is 322 g/mol. The molecule has 1 heterocycles. The van der Waals surface area contributed by atoms with Gasteiger partial charge in [0.05, 0.1) is 19.6 Å². The third-order valence-electron chi connectivity index (χ3n) is 4.39. The van der Waals surface area contributed by atoms with Crippen molar-refractivity contribution in [1.29, 1.82) is 0 Å². The molecule has 1 aromatic carbocycles. The molecule has 1 aromatic rings. The number of carbonyl (C=O) groups is 2. The molecule has 0 radical (unpaired) electrons. The van der Waals surface area contributed by atoms with Gasteiger partial charge >= 0.3 is 5.97 Å². The molecule has 1 fully saturated rings. The van der Waals surface area contributed by atoms with Gasteiger partial charge in [-0.15, -0.1) is 0 Å². The summed E-state index contributed by atoms with van der Waals surface area (Å²) in [5.41, 5.74) is 0. The van der Waals surface area contributed by atoms with Crippen LogP contribution < -0.4 is 9.47 Å². The first kappa shape index (κ1) is 19.1. The quantitative estimate of drug-likeness (QED) is 0.708. The van der Waals surface area contributed by atoms with Crippen LogP contribution in [0.2, 0.25) is 0 Å². The fraction of sp³-hybridized carbons (Fsp3) is 0.579. The summed E-state index contributed by atoms with van der Waals surface area (Å²) in [5, 5.41) is 0. The first-order valence-corrected chi connectivity index (χ1v) is 8.85. The number of methoxy groups -OCH3 is 1.